The molecule has 1 aromatic carbocycles. The van der Waals surface area contributed by atoms with Gasteiger partial charge < -0.3 is 21.8 Å². The van der Waals surface area contributed by atoms with E-state index in [1.54, 1.807) is 19.9 Å². The summed E-state index contributed by atoms with van der Waals surface area (Å²) in [5, 5.41) is 3.07. The molecule has 0 radical (unpaired) electrons. The van der Waals surface area contributed by atoms with Crippen LogP contribution in [0.4, 0.5) is 11.6 Å². The van der Waals surface area contributed by atoms with Gasteiger partial charge in [0.25, 0.3) is 0 Å². The number of hydrogen-bond acceptors (Lipinski definition) is 4. The van der Waals surface area contributed by atoms with Gasteiger partial charge in [0, 0.05) is 12.2 Å². The minimum absolute atomic E-state index is 0.352. The van der Waals surface area contributed by atoms with E-state index >= 15 is 0 Å². The maximum absolute atomic E-state index is 11.2. The second-order valence-electron chi connectivity index (χ2n) is 4.96. The van der Waals surface area contributed by atoms with E-state index in [4.69, 9.17) is 11.5 Å². The third-order valence-corrected chi connectivity index (χ3v) is 2.87. The molecule has 6 N–H and O–H groups in total. The summed E-state index contributed by atoms with van der Waals surface area (Å²) in [7, 11) is 0. The third kappa shape index (κ3) is 2.37. The number of aromatic amines is 1. The molecular formula is C12H17N5O. The number of nitrogen functional groups attached to an aromatic ring is 1. The Morgan fingerprint density at radius 3 is 2.89 bits per heavy atom. The van der Waals surface area contributed by atoms with Crippen molar-refractivity contribution in [3.63, 3.8) is 0 Å². The molecule has 0 unspecified atom stereocenters. The van der Waals surface area contributed by atoms with E-state index in [0.717, 1.165) is 11.0 Å². The SMILES string of the molecule is CC(C)(CNc1nc2ccc(N)cc2[nH]1)C(N)=O. The smallest absolute Gasteiger partial charge is 0.224 e. The Kier molecular flexibility index (Phi) is 2.86. The van der Waals surface area contributed by atoms with Crippen LogP contribution >= 0.6 is 0 Å². The first-order valence-electron chi connectivity index (χ1n) is 5.67. The number of fused-ring (bicyclic) bond motifs is 1. The molecule has 6 nitrogen and oxygen atoms in total. The fourth-order valence-corrected chi connectivity index (χ4v) is 1.50. The molecule has 6 heteroatoms. The van der Waals surface area contributed by atoms with Crippen molar-refractivity contribution >= 4 is 28.6 Å². The van der Waals surface area contributed by atoms with Crippen molar-refractivity contribution in [2.45, 2.75) is 13.8 Å². The van der Waals surface area contributed by atoms with Crippen LogP contribution in [0.1, 0.15) is 13.8 Å². The molecule has 18 heavy (non-hydrogen) atoms. The Bertz CT molecular complexity index is 587. The summed E-state index contributed by atoms with van der Waals surface area (Å²) in [4.78, 5) is 18.6. The van der Waals surface area contributed by atoms with Crippen molar-refractivity contribution in [1.29, 1.82) is 0 Å². The average Bonchev–Trinajstić information content (AvgIpc) is 2.68. The number of amides is 1. The molecule has 96 valence electrons. The lowest BCUT2D eigenvalue weighted by Crippen LogP contribution is -2.37. The molecule has 2 aromatic rings. The van der Waals surface area contributed by atoms with E-state index in [1.165, 1.54) is 0 Å². The number of hydrogen-bond donors (Lipinski definition) is 4. The van der Waals surface area contributed by atoms with Gasteiger partial charge in [0.15, 0.2) is 0 Å². The number of nitrogens with one attached hydrogen (secondary N) is 2. The molecule has 0 spiro atoms. The summed E-state index contributed by atoms with van der Waals surface area (Å²) < 4.78 is 0. The Morgan fingerprint density at radius 2 is 2.22 bits per heavy atom. The fraction of sp³-hybridized carbons (Fsp3) is 0.333. The molecule has 0 saturated heterocycles. The lowest BCUT2D eigenvalue weighted by Gasteiger charge is -2.20. The first-order valence-corrected chi connectivity index (χ1v) is 5.67. The highest BCUT2D eigenvalue weighted by molar-refractivity contribution is 5.82. The lowest BCUT2D eigenvalue weighted by atomic mass is 9.93. The van der Waals surface area contributed by atoms with E-state index in [1.807, 2.05) is 12.1 Å². The van der Waals surface area contributed by atoms with Gasteiger partial charge in [-0.3, -0.25) is 4.79 Å². The molecule has 2 rings (SSSR count). The van der Waals surface area contributed by atoms with Gasteiger partial charge in [-0.25, -0.2) is 4.98 Å². The first-order chi connectivity index (χ1) is 8.38. The van der Waals surface area contributed by atoms with E-state index in [0.29, 0.717) is 18.2 Å². The van der Waals surface area contributed by atoms with Crippen molar-refractivity contribution in [1.82, 2.24) is 9.97 Å². The number of aromatic nitrogens is 2. The van der Waals surface area contributed by atoms with Crippen LogP contribution in [0.2, 0.25) is 0 Å². The van der Waals surface area contributed by atoms with E-state index < -0.39 is 5.41 Å². The number of H-pyrrole nitrogens is 1. The van der Waals surface area contributed by atoms with Crippen LogP contribution in [0.3, 0.4) is 0 Å². The normalized spacial score (nSPS) is 11.7. The van der Waals surface area contributed by atoms with Crippen molar-refractivity contribution < 1.29 is 4.79 Å². The largest absolute Gasteiger partial charge is 0.399 e. The maximum Gasteiger partial charge on any atom is 0.224 e. The molecule has 0 saturated carbocycles. The zero-order valence-corrected chi connectivity index (χ0v) is 10.4. The van der Waals surface area contributed by atoms with Crippen LogP contribution in [0, 0.1) is 5.41 Å². The standard InChI is InChI=1S/C12H17N5O/c1-12(2,10(14)18)6-15-11-16-8-4-3-7(13)5-9(8)17-11/h3-5H,6,13H2,1-2H3,(H2,14,18)(H2,15,16,17). The van der Waals surface area contributed by atoms with Crippen molar-refractivity contribution in [3.8, 4) is 0 Å². The minimum atomic E-state index is -0.627. The highest BCUT2D eigenvalue weighted by Crippen LogP contribution is 2.19. The number of nitrogens with two attached hydrogens (primary N) is 2. The van der Waals surface area contributed by atoms with E-state index in [9.17, 15) is 4.79 Å². The Labute approximate surface area is 105 Å². The van der Waals surface area contributed by atoms with Crippen molar-refractivity contribution in [2.24, 2.45) is 11.1 Å². The van der Waals surface area contributed by atoms with Crippen molar-refractivity contribution in [3.05, 3.63) is 18.2 Å². The summed E-state index contributed by atoms with van der Waals surface area (Å²) >= 11 is 0. The molecular weight excluding hydrogens is 230 g/mol. The minimum Gasteiger partial charge on any atom is -0.399 e. The summed E-state index contributed by atoms with van der Waals surface area (Å²) in [6.45, 7) is 3.98. The Hall–Kier alpha value is -2.24. The Morgan fingerprint density at radius 1 is 1.50 bits per heavy atom. The average molecular weight is 247 g/mol. The quantitative estimate of drug-likeness (QED) is 0.606. The van der Waals surface area contributed by atoms with Gasteiger partial charge in [-0.05, 0) is 32.0 Å². The predicted molar refractivity (Wildman–Crippen MR) is 72.0 cm³/mol. The van der Waals surface area contributed by atoms with Crippen LogP contribution in [0.5, 0.6) is 0 Å². The van der Waals surface area contributed by atoms with Gasteiger partial charge in [0.1, 0.15) is 0 Å². The number of imidazole rings is 1. The summed E-state index contributed by atoms with van der Waals surface area (Å²) in [5.74, 6) is 0.250. The third-order valence-electron chi connectivity index (χ3n) is 2.87. The number of carbonyl (C=O) groups excluding carboxylic acids is 1. The van der Waals surface area contributed by atoms with E-state index in [2.05, 4.69) is 15.3 Å². The van der Waals surface area contributed by atoms with Crippen LogP contribution < -0.4 is 16.8 Å². The summed E-state index contributed by atoms with van der Waals surface area (Å²) in [5.41, 5.74) is 12.7. The summed E-state index contributed by atoms with van der Waals surface area (Å²) in [6, 6.07) is 5.44. The number of primary amides is 1. The molecule has 0 atom stereocenters. The summed E-state index contributed by atoms with van der Waals surface area (Å²) in [6.07, 6.45) is 0. The zero-order chi connectivity index (χ0) is 13.3. The first kappa shape index (κ1) is 12.2. The highest BCUT2D eigenvalue weighted by atomic mass is 16.1. The lowest BCUT2D eigenvalue weighted by molar-refractivity contribution is -0.125. The molecule has 1 heterocycles. The molecule has 1 aromatic heterocycles. The van der Waals surface area contributed by atoms with Gasteiger partial charge in [0.2, 0.25) is 11.9 Å². The van der Waals surface area contributed by atoms with Crippen molar-refractivity contribution in [2.75, 3.05) is 17.6 Å². The monoisotopic (exact) mass is 247 g/mol. The number of anilines is 2. The molecule has 0 aliphatic carbocycles. The fourth-order valence-electron chi connectivity index (χ4n) is 1.50. The predicted octanol–water partition coefficient (Wildman–Crippen LogP) is 1.07. The number of carbonyl (C=O) groups is 1. The van der Waals surface area contributed by atoms with Crippen LogP contribution in [-0.2, 0) is 4.79 Å². The second kappa shape index (κ2) is 4.21. The Balaban J connectivity index is 2.15. The molecule has 1 amide bonds. The molecule has 0 fully saturated rings. The molecule has 0 aliphatic rings. The molecule has 0 bridgehead atoms. The maximum atomic E-state index is 11.2. The van der Waals surface area contributed by atoms with Gasteiger partial charge in [0.05, 0.1) is 16.4 Å². The molecule has 0 aliphatic heterocycles. The number of benzene rings is 1. The van der Waals surface area contributed by atoms with Crippen LogP contribution in [0.15, 0.2) is 18.2 Å². The number of rotatable bonds is 4. The van der Waals surface area contributed by atoms with Crippen LogP contribution in [-0.4, -0.2) is 22.4 Å². The number of nitrogens with zero attached hydrogens (tertiary/aromatic N) is 1. The van der Waals surface area contributed by atoms with Gasteiger partial charge in [-0.1, -0.05) is 0 Å². The van der Waals surface area contributed by atoms with Gasteiger partial charge >= 0.3 is 0 Å². The topological polar surface area (TPSA) is 110 Å². The van der Waals surface area contributed by atoms with E-state index in [-0.39, 0.29) is 5.91 Å². The zero-order valence-electron chi connectivity index (χ0n) is 10.4. The van der Waals surface area contributed by atoms with Gasteiger partial charge in [-0.15, -0.1) is 0 Å². The second-order valence-corrected chi connectivity index (χ2v) is 4.96. The highest BCUT2D eigenvalue weighted by Gasteiger charge is 2.24. The van der Waals surface area contributed by atoms with Crippen LogP contribution in [0.25, 0.3) is 11.0 Å². The van der Waals surface area contributed by atoms with Gasteiger partial charge in [-0.2, -0.15) is 0 Å².